The second kappa shape index (κ2) is 5.25. The number of rotatable bonds is 4. The van der Waals surface area contributed by atoms with Gasteiger partial charge in [-0.05, 0) is 45.1 Å². The third-order valence-electron chi connectivity index (χ3n) is 5.02. The SMILES string of the molecule is CC1CCCN(C(CN)c2cncn2C2CC2)C1C. The monoisotopic (exact) mass is 262 g/mol. The number of nitrogens with zero attached hydrogens (tertiary/aromatic N) is 3. The minimum absolute atomic E-state index is 0.334. The molecule has 1 aromatic heterocycles. The molecular weight excluding hydrogens is 236 g/mol. The van der Waals surface area contributed by atoms with E-state index in [4.69, 9.17) is 5.73 Å². The van der Waals surface area contributed by atoms with Crippen molar-refractivity contribution in [2.75, 3.05) is 13.1 Å². The second-order valence-electron chi connectivity index (χ2n) is 6.31. The van der Waals surface area contributed by atoms with E-state index in [2.05, 4.69) is 28.3 Å². The number of likely N-dealkylation sites (tertiary alicyclic amines) is 1. The van der Waals surface area contributed by atoms with Gasteiger partial charge in [-0.25, -0.2) is 4.98 Å². The third-order valence-corrected chi connectivity index (χ3v) is 5.02. The van der Waals surface area contributed by atoms with Crippen LogP contribution in [0.2, 0.25) is 0 Å². The number of aromatic nitrogens is 2. The predicted molar refractivity (Wildman–Crippen MR) is 76.9 cm³/mol. The summed E-state index contributed by atoms with van der Waals surface area (Å²) >= 11 is 0. The van der Waals surface area contributed by atoms with Gasteiger partial charge in [-0.2, -0.15) is 0 Å². The largest absolute Gasteiger partial charge is 0.330 e. The fourth-order valence-corrected chi connectivity index (χ4v) is 3.46. The highest BCUT2D eigenvalue weighted by atomic mass is 15.2. The fourth-order valence-electron chi connectivity index (χ4n) is 3.46. The van der Waals surface area contributed by atoms with Crippen molar-refractivity contribution >= 4 is 0 Å². The van der Waals surface area contributed by atoms with Crippen LogP contribution in [0.3, 0.4) is 0 Å². The van der Waals surface area contributed by atoms with E-state index in [1.807, 2.05) is 12.5 Å². The lowest BCUT2D eigenvalue weighted by molar-refractivity contribution is 0.0675. The van der Waals surface area contributed by atoms with E-state index < -0.39 is 0 Å². The van der Waals surface area contributed by atoms with Crippen molar-refractivity contribution in [3.63, 3.8) is 0 Å². The van der Waals surface area contributed by atoms with Crippen LogP contribution in [0.15, 0.2) is 12.5 Å². The molecule has 106 valence electrons. The molecule has 4 nitrogen and oxygen atoms in total. The highest BCUT2D eigenvalue weighted by molar-refractivity contribution is 5.11. The molecule has 4 heteroatoms. The lowest BCUT2D eigenvalue weighted by atomic mass is 9.90. The van der Waals surface area contributed by atoms with Crippen molar-refractivity contribution in [2.45, 2.75) is 57.7 Å². The maximum absolute atomic E-state index is 6.11. The molecule has 1 aliphatic carbocycles. The number of hydrogen-bond acceptors (Lipinski definition) is 3. The average molecular weight is 262 g/mol. The number of imidazole rings is 1. The molecule has 19 heavy (non-hydrogen) atoms. The molecule has 1 saturated heterocycles. The summed E-state index contributed by atoms with van der Waals surface area (Å²) in [6, 6.07) is 1.63. The molecule has 0 amide bonds. The summed E-state index contributed by atoms with van der Waals surface area (Å²) in [4.78, 5) is 6.97. The Morgan fingerprint density at radius 2 is 2.16 bits per heavy atom. The molecule has 2 fully saturated rings. The van der Waals surface area contributed by atoms with Crippen molar-refractivity contribution in [1.82, 2.24) is 14.5 Å². The van der Waals surface area contributed by atoms with Gasteiger partial charge in [0, 0.05) is 24.8 Å². The number of nitrogens with two attached hydrogens (primary N) is 1. The fraction of sp³-hybridized carbons (Fsp3) is 0.800. The molecule has 1 saturated carbocycles. The van der Waals surface area contributed by atoms with Gasteiger partial charge in [-0.1, -0.05) is 6.92 Å². The van der Waals surface area contributed by atoms with Crippen molar-refractivity contribution in [1.29, 1.82) is 0 Å². The lowest BCUT2D eigenvalue weighted by Gasteiger charge is -2.42. The molecule has 2 heterocycles. The van der Waals surface area contributed by atoms with Gasteiger partial charge < -0.3 is 10.3 Å². The van der Waals surface area contributed by atoms with Crippen molar-refractivity contribution < 1.29 is 0 Å². The predicted octanol–water partition coefficient (Wildman–Crippen LogP) is 2.34. The third kappa shape index (κ3) is 2.43. The van der Waals surface area contributed by atoms with Gasteiger partial charge in [0.2, 0.25) is 0 Å². The Morgan fingerprint density at radius 1 is 1.37 bits per heavy atom. The van der Waals surface area contributed by atoms with Gasteiger partial charge in [0.15, 0.2) is 0 Å². The Kier molecular flexibility index (Phi) is 3.63. The van der Waals surface area contributed by atoms with Crippen LogP contribution in [0.25, 0.3) is 0 Å². The summed E-state index contributed by atoms with van der Waals surface area (Å²) in [5, 5.41) is 0. The smallest absolute Gasteiger partial charge is 0.0951 e. The van der Waals surface area contributed by atoms with Crippen molar-refractivity contribution in [3.8, 4) is 0 Å². The first-order chi connectivity index (χ1) is 9.22. The van der Waals surface area contributed by atoms with Crippen LogP contribution in [-0.4, -0.2) is 33.6 Å². The summed E-state index contributed by atoms with van der Waals surface area (Å²) in [5.41, 5.74) is 7.43. The first-order valence-electron chi connectivity index (χ1n) is 7.70. The van der Waals surface area contributed by atoms with Crippen LogP contribution in [0.1, 0.15) is 57.3 Å². The first-order valence-corrected chi connectivity index (χ1v) is 7.70. The topological polar surface area (TPSA) is 47.1 Å². The molecule has 2 N–H and O–H groups in total. The van der Waals surface area contributed by atoms with E-state index in [9.17, 15) is 0 Å². The van der Waals surface area contributed by atoms with E-state index in [1.165, 1.54) is 37.9 Å². The maximum atomic E-state index is 6.11. The van der Waals surface area contributed by atoms with Gasteiger partial charge in [-0.3, -0.25) is 4.90 Å². The van der Waals surface area contributed by atoms with Crippen LogP contribution in [0.4, 0.5) is 0 Å². The normalized spacial score (nSPS) is 30.5. The standard InChI is InChI=1S/C15H26N4/c1-11-4-3-7-18(12(11)2)14(8-16)15-9-17-10-19(15)13-5-6-13/h9-14H,3-8,16H2,1-2H3. The molecule has 1 aliphatic heterocycles. The van der Waals surface area contributed by atoms with Gasteiger partial charge in [0.05, 0.1) is 18.1 Å². The van der Waals surface area contributed by atoms with Gasteiger partial charge >= 0.3 is 0 Å². The second-order valence-corrected chi connectivity index (χ2v) is 6.31. The van der Waals surface area contributed by atoms with Crippen LogP contribution in [-0.2, 0) is 0 Å². The van der Waals surface area contributed by atoms with E-state index in [0.29, 0.717) is 24.7 Å². The minimum atomic E-state index is 0.334. The maximum Gasteiger partial charge on any atom is 0.0951 e. The van der Waals surface area contributed by atoms with Crippen LogP contribution in [0, 0.1) is 5.92 Å². The van der Waals surface area contributed by atoms with Crippen LogP contribution >= 0.6 is 0 Å². The van der Waals surface area contributed by atoms with E-state index >= 15 is 0 Å². The Balaban J connectivity index is 1.84. The Bertz CT molecular complexity index is 424. The van der Waals surface area contributed by atoms with Gasteiger partial charge in [-0.15, -0.1) is 0 Å². The summed E-state index contributed by atoms with van der Waals surface area (Å²) in [7, 11) is 0. The Hall–Kier alpha value is -0.870. The summed E-state index contributed by atoms with van der Waals surface area (Å²) in [6.07, 6.45) is 9.26. The zero-order valence-corrected chi connectivity index (χ0v) is 12.1. The number of hydrogen-bond donors (Lipinski definition) is 1. The van der Waals surface area contributed by atoms with Gasteiger partial charge in [0.25, 0.3) is 0 Å². The van der Waals surface area contributed by atoms with Gasteiger partial charge in [0.1, 0.15) is 0 Å². The Morgan fingerprint density at radius 3 is 2.84 bits per heavy atom. The quantitative estimate of drug-likeness (QED) is 0.906. The highest BCUT2D eigenvalue weighted by Crippen LogP contribution is 2.39. The van der Waals surface area contributed by atoms with Crippen molar-refractivity contribution in [2.24, 2.45) is 11.7 Å². The zero-order valence-electron chi connectivity index (χ0n) is 12.1. The minimum Gasteiger partial charge on any atom is -0.330 e. The molecule has 0 aromatic carbocycles. The lowest BCUT2D eigenvalue weighted by Crippen LogP contribution is -2.47. The molecule has 0 bridgehead atoms. The summed E-state index contributed by atoms with van der Waals surface area (Å²) in [5.74, 6) is 0.764. The molecule has 3 rings (SSSR count). The summed E-state index contributed by atoms with van der Waals surface area (Å²) in [6.45, 7) is 6.58. The molecule has 0 spiro atoms. The van der Waals surface area contributed by atoms with Crippen molar-refractivity contribution in [3.05, 3.63) is 18.2 Å². The van der Waals surface area contributed by atoms with E-state index in [1.54, 1.807) is 0 Å². The molecule has 3 unspecified atom stereocenters. The molecule has 2 aliphatic rings. The summed E-state index contributed by atoms with van der Waals surface area (Å²) < 4.78 is 2.36. The Labute approximate surface area is 116 Å². The molecular formula is C15H26N4. The molecule has 0 radical (unpaired) electrons. The van der Waals surface area contributed by atoms with E-state index in [0.717, 1.165) is 5.92 Å². The molecule has 1 aromatic rings. The highest BCUT2D eigenvalue weighted by Gasteiger charge is 2.34. The molecule has 3 atom stereocenters. The van der Waals surface area contributed by atoms with Crippen LogP contribution in [0.5, 0.6) is 0 Å². The first kappa shape index (κ1) is 13.1. The van der Waals surface area contributed by atoms with E-state index in [-0.39, 0.29) is 0 Å². The van der Waals surface area contributed by atoms with Crippen LogP contribution < -0.4 is 5.73 Å². The number of piperidine rings is 1. The zero-order chi connectivity index (χ0) is 13.4. The average Bonchev–Trinajstić information content (AvgIpc) is 3.15.